The number of nitrogens with zero attached hydrogens (tertiary/aromatic N) is 3. The van der Waals surface area contributed by atoms with Crippen LogP contribution in [0.1, 0.15) is 18.5 Å². The molecule has 3 aromatic heterocycles. The van der Waals surface area contributed by atoms with Crippen molar-refractivity contribution in [3.05, 3.63) is 53.7 Å². The van der Waals surface area contributed by atoms with Crippen LogP contribution in [0, 0.1) is 5.92 Å². The highest BCUT2D eigenvalue weighted by Crippen LogP contribution is 2.28. The monoisotopic (exact) mass is 409 g/mol. The molecule has 0 aliphatic carbocycles. The van der Waals surface area contributed by atoms with E-state index in [4.69, 9.17) is 13.6 Å². The van der Waals surface area contributed by atoms with Gasteiger partial charge in [0.05, 0.1) is 17.9 Å². The van der Waals surface area contributed by atoms with E-state index >= 15 is 0 Å². The molecule has 0 bridgehead atoms. The number of hydrogen-bond acceptors (Lipinski definition) is 8. The summed E-state index contributed by atoms with van der Waals surface area (Å²) in [6.45, 7) is 1.61. The van der Waals surface area contributed by atoms with E-state index in [1.165, 1.54) is 11.3 Å². The molecule has 0 radical (unpaired) electrons. The highest BCUT2D eigenvalue weighted by molar-refractivity contribution is 7.13. The van der Waals surface area contributed by atoms with Gasteiger partial charge in [0.25, 0.3) is 6.01 Å². The second-order valence-electron chi connectivity index (χ2n) is 6.95. The molecule has 0 atom stereocenters. The molecule has 0 N–H and O–H groups in total. The van der Waals surface area contributed by atoms with Gasteiger partial charge in [-0.2, -0.15) is 4.98 Å². The van der Waals surface area contributed by atoms with Gasteiger partial charge in [-0.15, -0.1) is 11.3 Å². The Balaban J connectivity index is 1.14. The third-order valence-electron chi connectivity index (χ3n) is 5.03. The minimum atomic E-state index is -0.172. The molecule has 1 aliphatic heterocycles. The van der Waals surface area contributed by atoms with Crippen molar-refractivity contribution in [2.24, 2.45) is 5.92 Å². The van der Waals surface area contributed by atoms with Crippen LogP contribution < -0.4 is 4.90 Å². The number of thiazole rings is 1. The average Bonchev–Trinajstić information content (AvgIpc) is 3.52. The minimum absolute atomic E-state index is 0.112. The third kappa shape index (κ3) is 3.75. The zero-order valence-electron chi connectivity index (χ0n) is 15.6. The summed E-state index contributed by atoms with van der Waals surface area (Å²) in [5.74, 6) is 0.438. The number of para-hydroxylation sites is 2. The van der Waals surface area contributed by atoms with E-state index in [0.717, 1.165) is 27.6 Å². The number of furan rings is 1. The van der Waals surface area contributed by atoms with Crippen LogP contribution >= 0.6 is 11.3 Å². The Morgan fingerprint density at radius 2 is 2.03 bits per heavy atom. The van der Waals surface area contributed by atoms with E-state index < -0.39 is 0 Å². The molecule has 7 nitrogen and oxygen atoms in total. The highest BCUT2D eigenvalue weighted by atomic mass is 32.1. The predicted molar refractivity (Wildman–Crippen MR) is 109 cm³/mol. The molecule has 8 heteroatoms. The van der Waals surface area contributed by atoms with Crippen molar-refractivity contribution in [2.45, 2.75) is 19.4 Å². The van der Waals surface area contributed by atoms with Crippen molar-refractivity contribution in [1.82, 2.24) is 9.97 Å². The summed E-state index contributed by atoms with van der Waals surface area (Å²) in [6.07, 6.45) is 3.04. The first-order valence-corrected chi connectivity index (χ1v) is 10.4. The van der Waals surface area contributed by atoms with E-state index in [2.05, 4.69) is 14.9 Å². The molecule has 5 rings (SSSR count). The van der Waals surface area contributed by atoms with Crippen LogP contribution in [0.25, 0.3) is 21.9 Å². The normalized spacial score (nSPS) is 15.1. The van der Waals surface area contributed by atoms with Crippen LogP contribution in [0.5, 0.6) is 0 Å². The Morgan fingerprint density at radius 3 is 2.83 bits per heavy atom. The Hall–Kier alpha value is -3.13. The van der Waals surface area contributed by atoms with E-state index in [9.17, 15) is 4.79 Å². The van der Waals surface area contributed by atoms with Crippen LogP contribution in [0.3, 0.4) is 0 Å². The quantitative estimate of drug-likeness (QED) is 0.449. The molecular weight excluding hydrogens is 390 g/mol. The van der Waals surface area contributed by atoms with Gasteiger partial charge in [-0.25, -0.2) is 4.98 Å². The molecule has 1 saturated heterocycles. The van der Waals surface area contributed by atoms with Crippen molar-refractivity contribution in [3.63, 3.8) is 0 Å². The van der Waals surface area contributed by atoms with Gasteiger partial charge in [-0.05, 0) is 37.1 Å². The van der Waals surface area contributed by atoms with Crippen molar-refractivity contribution in [1.29, 1.82) is 0 Å². The lowest BCUT2D eigenvalue weighted by Crippen LogP contribution is -2.37. The molecule has 0 unspecified atom stereocenters. The van der Waals surface area contributed by atoms with Gasteiger partial charge in [-0.1, -0.05) is 12.1 Å². The Bertz CT molecular complexity index is 1080. The van der Waals surface area contributed by atoms with Gasteiger partial charge >= 0.3 is 5.97 Å². The lowest BCUT2D eigenvalue weighted by molar-refractivity contribution is -0.150. The van der Waals surface area contributed by atoms with Crippen molar-refractivity contribution >= 4 is 34.4 Å². The number of carbonyl (C=O) groups is 1. The maximum atomic E-state index is 12.5. The first-order valence-electron chi connectivity index (χ1n) is 9.52. The Labute approximate surface area is 170 Å². The summed E-state index contributed by atoms with van der Waals surface area (Å²) in [5.41, 5.74) is 2.36. The Kier molecular flexibility index (Phi) is 4.77. The predicted octanol–water partition coefficient (Wildman–Crippen LogP) is 4.50. The molecule has 0 saturated carbocycles. The smallest absolute Gasteiger partial charge is 0.309 e. The summed E-state index contributed by atoms with van der Waals surface area (Å²) < 4.78 is 16.7. The van der Waals surface area contributed by atoms with Gasteiger partial charge in [-0.3, -0.25) is 4.79 Å². The third-order valence-corrected chi connectivity index (χ3v) is 5.93. The van der Waals surface area contributed by atoms with E-state index in [0.29, 0.717) is 31.9 Å². The first-order chi connectivity index (χ1) is 14.3. The minimum Gasteiger partial charge on any atom is -0.462 e. The maximum Gasteiger partial charge on any atom is 0.309 e. The number of hydrogen-bond donors (Lipinski definition) is 0. The number of fused-ring (bicyclic) bond motifs is 1. The van der Waals surface area contributed by atoms with Gasteiger partial charge in [0.1, 0.15) is 12.1 Å². The number of piperidine rings is 1. The van der Waals surface area contributed by atoms with Crippen LogP contribution in [-0.4, -0.2) is 29.0 Å². The largest absolute Gasteiger partial charge is 0.462 e. The lowest BCUT2D eigenvalue weighted by Gasteiger charge is -2.29. The fourth-order valence-corrected chi connectivity index (χ4v) is 4.22. The Morgan fingerprint density at radius 1 is 1.17 bits per heavy atom. The zero-order valence-corrected chi connectivity index (χ0v) is 16.4. The molecule has 1 aliphatic rings. The van der Waals surface area contributed by atoms with Crippen LogP contribution in [0.4, 0.5) is 6.01 Å². The number of anilines is 1. The van der Waals surface area contributed by atoms with Crippen LogP contribution in [0.15, 0.2) is 56.9 Å². The lowest BCUT2D eigenvalue weighted by atomic mass is 9.97. The molecule has 1 fully saturated rings. The average molecular weight is 409 g/mol. The molecule has 1 aromatic carbocycles. The van der Waals surface area contributed by atoms with Gasteiger partial charge in [0, 0.05) is 18.5 Å². The topological polar surface area (TPSA) is 81.6 Å². The van der Waals surface area contributed by atoms with Crippen molar-refractivity contribution in [3.8, 4) is 10.8 Å². The SMILES string of the molecule is O=C(OCc1csc(-c2ccco2)n1)C1CCN(c2nc3ccccc3o2)CC1. The van der Waals surface area contributed by atoms with Crippen molar-refractivity contribution < 1.29 is 18.4 Å². The molecule has 29 heavy (non-hydrogen) atoms. The molecule has 0 spiro atoms. The van der Waals surface area contributed by atoms with Crippen LogP contribution in [0.2, 0.25) is 0 Å². The fourth-order valence-electron chi connectivity index (χ4n) is 3.45. The number of benzene rings is 1. The van der Waals surface area contributed by atoms with E-state index in [-0.39, 0.29) is 18.5 Å². The van der Waals surface area contributed by atoms with E-state index in [1.807, 2.05) is 41.8 Å². The fraction of sp³-hybridized carbons (Fsp3) is 0.286. The highest BCUT2D eigenvalue weighted by Gasteiger charge is 2.28. The van der Waals surface area contributed by atoms with Crippen molar-refractivity contribution in [2.75, 3.05) is 18.0 Å². The zero-order chi connectivity index (χ0) is 19.6. The number of esters is 1. The summed E-state index contributed by atoms with van der Waals surface area (Å²) in [7, 11) is 0. The molecule has 4 heterocycles. The van der Waals surface area contributed by atoms with Gasteiger partial charge in [0.2, 0.25) is 0 Å². The first kappa shape index (κ1) is 17.9. The summed E-state index contributed by atoms with van der Waals surface area (Å²) >= 11 is 1.47. The molecule has 0 amide bonds. The standard InChI is InChI=1S/C21H19N3O4S/c25-20(27-12-15-13-29-19(22-15)18-6-3-11-26-18)14-7-9-24(10-8-14)21-23-16-4-1-2-5-17(16)28-21/h1-6,11,13-14H,7-10,12H2. The van der Waals surface area contributed by atoms with Crippen LogP contribution in [-0.2, 0) is 16.1 Å². The molecule has 148 valence electrons. The van der Waals surface area contributed by atoms with E-state index in [1.54, 1.807) is 6.26 Å². The second kappa shape index (κ2) is 7.71. The number of aromatic nitrogens is 2. The second-order valence-corrected chi connectivity index (χ2v) is 7.81. The number of oxazole rings is 1. The molecule has 4 aromatic rings. The summed E-state index contributed by atoms with van der Waals surface area (Å²) in [6, 6.07) is 12.0. The maximum absolute atomic E-state index is 12.5. The number of carbonyl (C=O) groups excluding carboxylic acids is 1. The van der Waals surface area contributed by atoms with Gasteiger partial charge in [0.15, 0.2) is 16.4 Å². The summed E-state index contributed by atoms with van der Waals surface area (Å²) in [5, 5.41) is 2.67. The summed E-state index contributed by atoms with van der Waals surface area (Å²) in [4.78, 5) is 23.5. The number of rotatable bonds is 5. The van der Waals surface area contributed by atoms with Gasteiger partial charge < -0.3 is 18.5 Å². The number of ether oxygens (including phenoxy) is 1. The molecular formula is C21H19N3O4S.